The van der Waals surface area contributed by atoms with E-state index in [9.17, 15) is 9.59 Å². The van der Waals surface area contributed by atoms with E-state index in [-0.39, 0.29) is 16.2 Å². The number of hydrogen-bond acceptors (Lipinski definition) is 5. The molecule has 0 amide bonds. The number of hydrogen-bond donors (Lipinski definition) is 1. The first-order chi connectivity index (χ1) is 13.4. The van der Waals surface area contributed by atoms with Gasteiger partial charge in [0.25, 0.3) is 5.56 Å². The molecule has 1 N–H and O–H groups in total. The average molecular weight is 455 g/mol. The van der Waals surface area contributed by atoms with Gasteiger partial charge in [0.05, 0.1) is 6.61 Å². The van der Waals surface area contributed by atoms with Crippen LogP contribution in [-0.4, -0.2) is 38.9 Å². The molecular formula is C21H38N2O5Si2. The lowest BCUT2D eigenvalue weighted by Crippen LogP contribution is -2.42. The molecule has 1 unspecified atom stereocenters. The second kappa shape index (κ2) is 8.25. The summed E-state index contributed by atoms with van der Waals surface area (Å²) in [5.41, 5.74) is -0.967. The fourth-order valence-corrected chi connectivity index (χ4v) is 4.56. The lowest BCUT2D eigenvalue weighted by atomic mass is 10.2. The highest BCUT2D eigenvalue weighted by molar-refractivity contribution is 6.74. The summed E-state index contributed by atoms with van der Waals surface area (Å²) in [6.45, 7) is 22.2. The molecule has 170 valence electrons. The van der Waals surface area contributed by atoms with Gasteiger partial charge in [-0.05, 0) is 42.3 Å². The van der Waals surface area contributed by atoms with Crippen molar-refractivity contribution >= 4 is 16.6 Å². The predicted molar refractivity (Wildman–Crippen MR) is 125 cm³/mol. The predicted octanol–water partition coefficient (Wildman–Crippen LogP) is 4.36. The molecule has 2 heterocycles. The summed E-state index contributed by atoms with van der Waals surface area (Å²) in [6, 6.07) is 1.31. The molecule has 2 rings (SSSR count). The van der Waals surface area contributed by atoms with Crippen LogP contribution in [0.4, 0.5) is 0 Å². The second-order valence-corrected chi connectivity index (χ2v) is 20.6. The minimum Gasteiger partial charge on any atom is -0.543 e. The van der Waals surface area contributed by atoms with Crippen LogP contribution in [0.3, 0.4) is 0 Å². The molecule has 1 aromatic rings. The van der Waals surface area contributed by atoms with Crippen molar-refractivity contribution in [2.45, 2.75) is 90.1 Å². The van der Waals surface area contributed by atoms with E-state index in [1.54, 1.807) is 0 Å². The molecule has 0 radical (unpaired) electrons. The lowest BCUT2D eigenvalue weighted by Gasteiger charge is -2.37. The summed E-state index contributed by atoms with van der Waals surface area (Å²) >= 11 is 0. The van der Waals surface area contributed by atoms with Crippen molar-refractivity contribution in [1.29, 1.82) is 0 Å². The zero-order chi connectivity index (χ0) is 23.1. The van der Waals surface area contributed by atoms with Crippen LogP contribution >= 0.6 is 0 Å². The average Bonchev–Trinajstić information content (AvgIpc) is 2.93. The van der Waals surface area contributed by atoms with E-state index in [0.717, 1.165) is 0 Å². The number of rotatable bonds is 6. The third-order valence-electron chi connectivity index (χ3n) is 6.59. The van der Waals surface area contributed by atoms with Gasteiger partial charge in [-0.1, -0.05) is 41.5 Å². The summed E-state index contributed by atoms with van der Waals surface area (Å²) in [7, 11) is -4.11. The zero-order valence-corrected chi connectivity index (χ0v) is 22.1. The van der Waals surface area contributed by atoms with Crippen LogP contribution in [0.5, 0.6) is 0 Å². The third-order valence-corrected chi connectivity index (χ3v) is 15.5. The van der Waals surface area contributed by atoms with E-state index in [0.29, 0.717) is 12.4 Å². The van der Waals surface area contributed by atoms with Crippen LogP contribution in [0.2, 0.25) is 36.3 Å². The Labute approximate surface area is 181 Å². The Kier molecular flexibility index (Phi) is 6.83. The van der Waals surface area contributed by atoms with Crippen LogP contribution in [0.1, 0.15) is 47.8 Å². The van der Waals surface area contributed by atoms with Gasteiger partial charge in [0, 0.05) is 12.3 Å². The van der Waals surface area contributed by atoms with Gasteiger partial charge in [-0.2, -0.15) is 0 Å². The van der Waals surface area contributed by atoms with Gasteiger partial charge < -0.3 is 13.6 Å². The minimum atomic E-state index is -2.16. The molecule has 2 atom stereocenters. The topological polar surface area (TPSA) is 82.5 Å². The Balaban J connectivity index is 2.34. The van der Waals surface area contributed by atoms with Crippen LogP contribution in [0.25, 0.3) is 0 Å². The molecule has 30 heavy (non-hydrogen) atoms. The van der Waals surface area contributed by atoms with Crippen LogP contribution in [-0.2, 0) is 13.6 Å². The Morgan fingerprint density at radius 2 is 1.60 bits per heavy atom. The van der Waals surface area contributed by atoms with Gasteiger partial charge in [0.1, 0.15) is 11.9 Å². The van der Waals surface area contributed by atoms with E-state index in [1.165, 1.54) is 16.8 Å². The molecule has 1 aromatic heterocycles. The number of H-pyrrole nitrogens is 1. The standard InChI is InChI=1S/C21H38N2O5Si2/c1-20(2,3)29(7,8)26-14-15-13-16(28-30(9,10)21(4,5)6)18(27-15)23-12-11-17(24)22-19(23)25/h11-13,15,18H,14H2,1-10H3,(H,22,24,25)/t15-,18?/m0/s1. The summed E-state index contributed by atoms with van der Waals surface area (Å²) < 4.78 is 20.4. The lowest BCUT2D eigenvalue weighted by molar-refractivity contribution is -0.0243. The van der Waals surface area contributed by atoms with Crippen molar-refractivity contribution in [3.8, 4) is 0 Å². The minimum absolute atomic E-state index is 0.00984. The first-order valence-corrected chi connectivity index (χ1v) is 16.3. The maximum Gasteiger partial charge on any atom is 0.330 e. The van der Waals surface area contributed by atoms with Gasteiger partial charge >= 0.3 is 5.69 Å². The summed E-state index contributed by atoms with van der Waals surface area (Å²) in [5.74, 6) is 0.611. The Morgan fingerprint density at radius 1 is 1.03 bits per heavy atom. The van der Waals surface area contributed by atoms with E-state index in [4.69, 9.17) is 13.6 Å². The van der Waals surface area contributed by atoms with Crippen molar-refractivity contribution in [2.24, 2.45) is 0 Å². The van der Waals surface area contributed by atoms with Gasteiger partial charge in [0.2, 0.25) is 8.32 Å². The van der Waals surface area contributed by atoms with Crippen LogP contribution in [0.15, 0.2) is 33.7 Å². The fourth-order valence-electron chi connectivity index (χ4n) is 2.48. The molecule has 0 spiro atoms. The van der Waals surface area contributed by atoms with Crippen molar-refractivity contribution in [2.75, 3.05) is 6.61 Å². The van der Waals surface area contributed by atoms with Gasteiger partial charge in [0.15, 0.2) is 14.5 Å². The highest BCUT2D eigenvalue weighted by atomic mass is 28.4. The van der Waals surface area contributed by atoms with Crippen molar-refractivity contribution in [1.82, 2.24) is 9.55 Å². The monoisotopic (exact) mass is 454 g/mol. The Bertz CT molecular complexity index is 903. The molecule has 0 aromatic carbocycles. The van der Waals surface area contributed by atoms with E-state index in [2.05, 4.69) is 72.7 Å². The summed E-state index contributed by atoms with van der Waals surface area (Å²) in [4.78, 5) is 26.2. The van der Waals surface area contributed by atoms with Gasteiger partial charge in [-0.3, -0.25) is 14.3 Å². The Morgan fingerprint density at radius 3 is 2.10 bits per heavy atom. The maximum atomic E-state index is 12.4. The molecular weight excluding hydrogens is 416 g/mol. The summed E-state index contributed by atoms with van der Waals surface area (Å²) in [6.07, 6.45) is 2.32. The quantitative estimate of drug-likeness (QED) is 0.646. The number of aromatic amines is 1. The van der Waals surface area contributed by atoms with Gasteiger partial charge in [-0.15, -0.1) is 0 Å². The summed E-state index contributed by atoms with van der Waals surface area (Å²) in [5, 5.41) is 0.0785. The van der Waals surface area contributed by atoms with E-state index in [1.807, 2.05) is 6.08 Å². The molecule has 9 heteroatoms. The highest BCUT2D eigenvalue weighted by Crippen LogP contribution is 2.42. The van der Waals surface area contributed by atoms with E-state index < -0.39 is 34.1 Å². The van der Waals surface area contributed by atoms with Crippen LogP contribution in [0, 0.1) is 0 Å². The Hall–Kier alpha value is -1.43. The molecule has 0 saturated heterocycles. The van der Waals surface area contributed by atoms with Crippen molar-refractivity contribution in [3.05, 3.63) is 44.9 Å². The van der Waals surface area contributed by atoms with Crippen molar-refractivity contribution in [3.63, 3.8) is 0 Å². The second-order valence-electron chi connectivity index (χ2n) is 11.0. The molecule has 1 aliphatic heterocycles. The molecule has 0 aliphatic carbocycles. The smallest absolute Gasteiger partial charge is 0.330 e. The number of nitrogens with zero attached hydrogens (tertiary/aromatic N) is 1. The number of ether oxygens (including phenoxy) is 1. The SMILES string of the molecule is CC(C)(C)[Si](C)(C)OC[C@@H]1C=C(O[Si](C)(C)C(C)(C)C)C(n2ccc(=O)[nH]c2=O)O1. The maximum absolute atomic E-state index is 12.4. The van der Waals surface area contributed by atoms with Crippen LogP contribution < -0.4 is 11.2 Å². The normalized spacial score (nSPS) is 20.9. The first-order valence-electron chi connectivity index (χ1n) is 10.5. The van der Waals surface area contributed by atoms with Crippen molar-refractivity contribution < 1.29 is 13.6 Å². The highest BCUT2D eigenvalue weighted by Gasteiger charge is 2.43. The molecule has 0 fully saturated rings. The largest absolute Gasteiger partial charge is 0.543 e. The zero-order valence-electron chi connectivity index (χ0n) is 20.1. The molecule has 7 nitrogen and oxygen atoms in total. The fraction of sp³-hybridized carbons (Fsp3) is 0.714. The number of aromatic nitrogens is 2. The first kappa shape index (κ1) is 24.8. The number of nitrogens with one attached hydrogen (secondary N) is 1. The molecule has 1 aliphatic rings. The molecule has 0 saturated carbocycles. The molecule has 0 bridgehead atoms. The van der Waals surface area contributed by atoms with Gasteiger partial charge in [-0.25, -0.2) is 4.79 Å². The third kappa shape index (κ3) is 5.43. The van der Waals surface area contributed by atoms with E-state index >= 15 is 0 Å².